The first kappa shape index (κ1) is 22.5. The molecule has 2 heterocycles. The molecule has 164 valence electrons. The van der Waals surface area contributed by atoms with Crippen LogP contribution in [0.25, 0.3) is 21.9 Å². The van der Waals surface area contributed by atoms with Crippen LogP contribution in [0.15, 0.2) is 73.0 Å². The van der Waals surface area contributed by atoms with Crippen LogP contribution in [0.2, 0.25) is 0 Å². The van der Waals surface area contributed by atoms with E-state index in [9.17, 15) is 19.2 Å². The first-order chi connectivity index (χ1) is 15.4. The van der Waals surface area contributed by atoms with Crippen molar-refractivity contribution in [1.29, 1.82) is 0 Å². The summed E-state index contributed by atoms with van der Waals surface area (Å²) in [7, 11) is 0. The summed E-state index contributed by atoms with van der Waals surface area (Å²) >= 11 is 0. The molecule has 1 N–H and O–H groups in total. The summed E-state index contributed by atoms with van der Waals surface area (Å²) in [4.78, 5) is 45.9. The molecule has 0 aliphatic carbocycles. The van der Waals surface area contributed by atoms with Crippen molar-refractivity contribution in [3.05, 3.63) is 92.1 Å². The van der Waals surface area contributed by atoms with E-state index in [-0.39, 0.29) is 34.5 Å². The Labute approximate surface area is 181 Å². The molecule has 0 unspecified atom stereocenters. The molecular formula is C24H20O8. The molecule has 32 heavy (non-hydrogen) atoms. The molecule has 0 aliphatic heterocycles. The lowest BCUT2D eigenvalue weighted by atomic mass is 10.1. The Hall–Kier alpha value is -4.20. The van der Waals surface area contributed by atoms with Gasteiger partial charge in [0.25, 0.3) is 0 Å². The number of hydrogen-bond acceptors (Lipinski definition) is 7. The molecule has 8 nitrogen and oxygen atoms in total. The van der Waals surface area contributed by atoms with Crippen molar-refractivity contribution in [2.75, 3.05) is 6.61 Å². The third-order valence-electron chi connectivity index (χ3n) is 4.55. The molecule has 0 spiro atoms. The zero-order valence-corrected chi connectivity index (χ0v) is 17.4. The van der Waals surface area contributed by atoms with Crippen molar-refractivity contribution >= 4 is 33.9 Å². The van der Waals surface area contributed by atoms with Gasteiger partial charge in [-0.2, -0.15) is 0 Å². The summed E-state index contributed by atoms with van der Waals surface area (Å²) in [6.07, 6.45) is 0.342. The third-order valence-corrected chi connectivity index (χ3v) is 4.55. The summed E-state index contributed by atoms with van der Waals surface area (Å²) in [5.41, 5.74) is 0.401. The van der Waals surface area contributed by atoms with E-state index < -0.39 is 11.9 Å². The number of ether oxygens (including phenoxy) is 1. The standard InChI is InChI=1S/2C12H10O4/c1-2-15-12(14)11-7-9(13)8-5-3-4-6-10(8)16-11;1-2-7-10(13)8-5-3-4-6-9(8)16-11(7)12(14)15/h3-7H,2H2,1H3;3-6H,2H2,1H3,(H,14,15). The molecule has 0 radical (unpaired) electrons. The van der Waals surface area contributed by atoms with Crippen molar-refractivity contribution in [3.63, 3.8) is 0 Å². The van der Waals surface area contributed by atoms with Gasteiger partial charge in [-0.05, 0) is 37.6 Å². The molecule has 0 amide bonds. The minimum atomic E-state index is -1.21. The van der Waals surface area contributed by atoms with Crippen LogP contribution >= 0.6 is 0 Å². The summed E-state index contributed by atoms with van der Waals surface area (Å²) in [6.45, 7) is 3.67. The van der Waals surface area contributed by atoms with Crippen LogP contribution in [-0.4, -0.2) is 23.7 Å². The number of fused-ring (bicyclic) bond motifs is 2. The molecule has 0 saturated heterocycles. The van der Waals surface area contributed by atoms with Gasteiger partial charge in [-0.15, -0.1) is 0 Å². The van der Waals surface area contributed by atoms with E-state index in [4.69, 9.17) is 18.7 Å². The molecule has 4 aromatic rings. The van der Waals surface area contributed by atoms with Crippen LogP contribution in [0.1, 0.15) is 40.5 Å². The van der Waals surface area contributed by atoms with Crippen molar-refractivity contribution in [2.45, 2.75) is 20.3 Å². The molecule has 0 bridgehead atoms. The topological polar surface area (TPSA) is 124 Å². The van der Waals surface area contributed by atoms with E-state index >= 15 is 0 Å². The fourth-order valence-corrected chi connectivity index (χ4v) is 3.08. The highest BCUT2D eigenvalue weighted by Crippen LogP contribution is 2.16. The minimum absolute atomic E-state index is 0.0643. The Morgan fingerprint density at radius 2 is 1.50 bits per heavy atom. The molecule has 0 fully saturated rings. The smallest absolute Gasteiger partial charge is 0.374 e. The number of aromatic carboxylic acids is 1. The Balaban J connectivity index is 0.000000181. The van der Waals surface area contributed by atoms with Gasteiger partial charge in [-0.25, -0.2) is 9.59 Å². The van der Waals surface area contributed by atoms with E-state index in [0.717, 1.165) is 6.07 Å². The van der Waals surface area contributed by atoms with Crippen molar-refractivity contribution in [2.24, 2.45) is 0 Å². The van der Waals surface area contributed by atoms with Gasteiger partial charge in [0.15, 0.2) is 10.9 Å². The number of carbonyl (C=O) groups is 2. The lowest BCUT2D eigenvalue weighted by Gasteiger charge is -2.04. The summed E-state index contributed by atoms with van der Waals surface area (Å²) in [5, 5.41) is 9.82. The van der Waals surface area contributed by atoms with E-state index in [0.29, 0.717) is 28.4 Å². The number of hydrogen-bond donors (Lipinski definition) is 1. The highest BCUT2D eigenvalue weighted by Gasteiger charge is 2.17. The van der Waals surface area contributed by atoms with Crippen LogP contribution in [0.3, 0.4) is 0 Å². The molecule has 2 aromatic carbocycles. The first-order valence-electron chi connectivity index (χ1n) is 9.85. The van der Waals surface area contributed by atoms with Gasteiger partial charge < -0.3 is 18.7 Å². The number of carboxylic acid groups (broad SMARTS) is 1. The molecule has 2 aromatic heterocycles. The van der Waals surface area contributed by atoms with E-state index in [1.54, 1.807) is 62.4 Å². The SMILES string of the molecule is CCOC(=O)c1cc(=O)c2ccccc2o1.CCc1c(C(=O)O)oc2ccccc2c1=O. The number of rotatable bonds is 4. The normalized spacial score (nSPS) is 10.4. The maximum absolute atomic E-state index is 12.0. The lowest BCUT2D eigenvalue weighted by Crippen LogP contribution is -2.15. The van der Waals surface area contributed by atoms with Gasteiger partial charge in [-0.1, -0.05) is 31.2 Å². The van der Waals surface area contributed by atoms with Crippen molar-refractivity contribution in [1.82, 2.24) is 0 Å². The second-order valence-electron chi connectivity index (χ2n) is 6.59. The largest absolute Gasteiger partial charge is 0.475 e. The Bertz CT molecular complexity index is 1410. The Kier molecular flexibility index (Phi) is 6.84. The number of carboxylic acids is 1. The van der Waals surface area contributed by atoms with Crippen molar-refractivity contribution in [3.8, 4) is 0 Å². The quantitative estimate of drug-likeness (QED) is 0.476. The summed E-state index contributed by atoms with van der Waals surface area (Å²) < 4.78 is 15.3. The van der Waals surface area contributed by atoms with Gasteiger partial charge in [-0.3, -0.25) is 9.59 Å². The molecule has 0 atom stereocenters. The Morgan fingerprint density at radius 3 is 2.09 bits per heavy atom. The summed E-state index contributed by atoms with van der Waals surface area (Å²) in [6, 6.07) is 14.6. The van der Waals surface area contributed by atoms with Gasteiger partial charge in [0, 0.05) is 6.07 Å². The molecule has 8 heteroatoms. The maximum atomic E-state index is 12.0. The molecule has 0 aliphatic rings. The lowest BCUT2D eigenvalue weighted by molar-refractivity contribution is 0.0490. The second kappa shape index (κ2) is 9.74. The van der Waals surface area contributed by atoms with Crippen LogP contribution in [-0.2, 0) is 11.2 Å². The van der Waals surface area contributed by atoms with E-state index in [2.05, 4.69) is 0 Å². The first-order valence-corrected chi connectivity index (χ1v) is 9.85. The molecule has 0 saturated carbocycles. The highest BCUT2D eigenvalue weighted by atomic mass is 16.5. The maximum Gasteiger partial charge on any atom is 0.374 e. The number of esters is 1. The van der Waals surface area contributed by atoms with Gasteiger partial charge in [0.1, 0.15) is 11.2 Å². The average Bonchev–Trinajstić information content (AvgIpc) is 2.79. The predicted octanol–water partition coefficient (Wildman–Crippen LogP) is 4.02. The van der Waals surface area contributed by atoms with Crippen LogP contribution in [0.4, 0.5) is 0 Å². The molecular weight excluding hydrogens is 416 g/mol. The zero-order valence-electron chi connectivity index (χ0n) is 17.4. The van der Waals surface area contributed by atoms with Gasteiger partial charge in [0.2, 0.25) is 11.5 Å². The van der Waals surface area contributed by atoms with Crippen molar-refractivity contribution < 1.29 is 28.3 Å². The molecule has 4 rings (SSSR count). The van der Waals surface area contributed by atoms with E-state index in [1.165, 1.54) is 0 Å². The average molecular weight is 436 g/mol. The fraction of sp³-hybridized carbons (Fsp3) is 0.167. The van der Waals surface area contributed by atoms with Gasteiger partial charge >= 0.3 is 11.9 Å². The number of carbonyl (C=O) groups excluding carboxylic acids is 1. The van der Waals surface area contributed by atoms with E-state index in [1.807, 2.05) is 0 Å². The van der Waals surface area contributed by atoms with Crippen LogP contribution in [0.5, 0.6) is 0 Å². The second-order valence-corrected chi connectivity index (χ2v) is 6.59. The van der Waals surface area contributed by atoms with Crippen LogP contribution in [0, 0.1) is 0 Å². The number of benzene rings is 2. The Morgan fingerprint density at radius 1 is 0.906 bits per heavy atom. The minimum Gasteiger partial charge on any atom is -0.475 e. The monoisotopic (exact) mass is 436 g/mol. The summed E-state index contributed by atoms with van der Waals surface area (Å²) in [5.74, 6) is -2.15. The van der Waals surface area contributed by atoms with Crippen LogP contribution < -0.4 is 10.9 Å². The zero-order chi connectivity index (χ0) is 23.3. The third kappa shape index (κ3) is 4.59. The highest BCUT2D eigenvalue weighted by molar-refractivity contribution is 5.90. The van der Waals surface area contributed by atoms with Gasteiger partial charge in [0.05, 0.1) is 22.9 Å². The fourth-order valence-electron chi connectivity index (χ4n) is 3.08. The number of para-hydroxylation sites is 2. The predicted molar refractivity (Wildman–Crippen MR) is 117 cm³/mol.